The quantitative estimate of drug-likeness (QED) is 0.831. The maximum atomic E-state index is 12.3. The number of amides is 2. The first-order valence-corrected chi connectivity index (χ1v) is 8.84. The first kappa shape index (κ1) is 19.7. The van der Waals surface area contributed by atoms with Crippen molar-refractivity contribution < 1.29 is 9.59 Å². The molecule has 3 N–H and O–H groups in total. The van der Waals surface area contributed by atoms with Gasteiger partial charge in [-0.3, -0.25) is 14.9 Å². The summed E-state index contributed by atoms with van der Waals surface area (Å²) in [5.74, 6) is 0.0164. The molecular formula is C16H27ClN6O2. The molecule has 3 rings (SSSR count). The normalized spacial score (nSPS) is 19.8. The highest BCUT2D eigenvalue weighted by Gasteiger charge is 2.37. The Balaban J connectivity index is 0.00000225. The van der Waals surface area contributed by atoms with Crippen molar-refractivity contribution in [3.05, 3.63) is 6.33 Å². The number of likely N-dealkylation sites (tertiary alicyclic amines) is 1. The summed E-state index contributed by atoms with van der Waals surface area (Å²) in [6.45, 7) is 1.77. The second kappa shape index (κ2) is 8.62. The molecule has 2 amide bonds. The van der Waals surface area contributed by atoms with E-state index in [1.165, 1.54) is 23.9 Å². The van der Waals surface area contributed by atoms with Crippen LogP contribution in [0, 0.1) is 0 Å². The van der Waals surface area contributed by atoms with Gasteiger partial charge in [0.25, 0.3) is 0 Å². The van der Waals surface area contributed by atoms with E-state index in [4.69, 9.17) is 5.73 Å². The van der Waals surface area contributed by atoms with Gasteiger partial charge in [-0.05, 0) is 25.7 Å². The number of hydrogen-bond acceptors (Lipinski definition) is 5. The molecule has 1 aromatic rings. The lowest BCUT2D eigenvalue weighted by Gasteiger charge is -2.21. The molecule has 2 aliphatic rings. The third kappa shape index (κ3) is 4.92. The van der Waals surface area contributed by atoms with E-state index in [-0.39, 0.29) is 36.7 Å². The molecule has 0 spiro atoms. The minimum Gasteiger partial charge on any atom is -0.341 e. The summed E-state index contributed by atoms with van der Waals surface area (Å²) in [7, 11) is 0. The minimum atomic E-state index is -0.812. The maximum Gasteiger partial charge on any atom is 0.248 e. The number of nitrogens with two attached hydrogens (primary N) is 1. The van der Waals surface area contributed by atoms with Crippen molar-refractivity contribution in [2.24, 2.45) is 5.73 Å². The van der Waals surface area contributed by atoms with Gasteiger partial charge in [0.2, 0.25) is 17.8 Å². The Labute approximate surface area is 153 Å². The molecule has 0 aromatic carbocycles. The predicted octanol–water partition coefficient (Wildman–Crippen LogP) is 1.31. The summed E-state index contributed by atoms with van der Waals surface area (Å²) in [5.41, 5.74) is 5.30. The van der Waals surface area contributed by atoms with Crippen molar-refractivity contribution in [2.75, 3.05) is 18.4 Å². The molecule has 0 radical (unpaired) electrons. The van der Waals surface area contributed by atoms with E-state index in [0.29, 0.717) is 12.8 Å². The van der Waals surface area contributed by atoms with Crippen LogP contribution in [0.3, 0.4) is 0 Å². The SMILES string of the molecule is Cl.NC1(C(=O)Nc2ncn(CC(=O)N3CCCCCC3)n2)CCCC1. The van der Waals surface area contributed by atoms with Gasteiger partial charge in [0.15, 0.2) is 0 Å². The minimum absolute atomic E-state index is 0. The summed E-state index contributed by atoms with van der Waals surface area (Å²) < 4.78 is 1.47. The summed E-state index contributed by atoms with van der Waals surface area (Å²) >= 11 is 0. The number of nitrogens with one attached hydrogen (secondary N) is 1. The van der Waals surface area contributed by atoms with Crippen molar-refractivity contribution in [3.8, 4) is 0 Å². The molecule has 25 heavy (non-hydrogen) atoms. The van der Waals surface area contributed by atoms with Gasteiger partial charge in [-0.2, -0.15) is 0 Å². The number of hydrogen-bond donors (Lipinski definition) is 2. The Morgan fingerprint density at radius 2 is 1.76 bits per heavy atom. The van der Waals surface area contributed by atoms with Gasteiger partial charge in [-0.15, -0.1) is 17.5 Å². The molecule has 8 nitrogen and oxygen atoms in total. The fraction of sp³-hybridized carbons (Fsp3) is 0.750. The van der Waals surface area contributed by atoms with Crippen LogP contribution in [0.4, 0.5) is 5.95 Å². The van der Waals surface area contributed by atoms with Gasteiger partial charge in [-0.1, -0.05) is 25.7 Å². The van der Waals surface area contributed by atoms with Crippen LogP contribution in [0.5, 0.6) is 0 Å². The molecule has 140 valence electrons. The zero-order valence-corrected chi connectivity index (χ0v) is 15.3. The van der Waals surface area contributed by atoms with E-state index in [2.05, 4.69) is 15.4 Å². The third-order valence-electron chi connectivity index (χ3n) is 4.97. The summed E-state index contributed by atoms with van der Waals surface area (Å²) in [5, 5.41) is 6.86. The second-order valence-electron chi connectivity index (χ2n) is 6.88. The number of anilines is 1. The first-order valence-electron chi connectivity index (χ1n) is 8.84. The van der Waals surface area contributed by atoms with Crippen LogP contribution in [-0.4, -0.2) is 50.1 Å². The second-order valence-corrected chi connectivity index (χ2v) is 6.88. The molecule has 1 aliphatic carbocycles. The van der Waals surface area contributed by atoms with E-state index in [0.717, 1.165) is 38.8 Å². The van der Waals surface area contributed by atoms with Gasteiger partial charge in [0, 0.05) is 13.1 Å². The monoisotopic (exact) mass is 370 g/mol. The molecule has 2 heterocycles. The van der Waals surface area contributed by atoms with Crippen molar-refractivity contribution in [1.29, 1.82) is 0 Å². The zero-order valence-electron chi connectivity index (χ0n) is 14.4. The Morgan fingerprint density at radius 1 is 1.12 bits per heavy atom. The van der Waals surface area contributed by atoms with Gasteiger partial charge in [0.1, 0.15) is 12.9 Å². The van der Waals surface area contributed by atoms with Crippen LogP contribution < -0.4 is 11.1 Å². The summed E-state index contributed by atoms with van der Waals surface area (Å²) in [6, 6.07) is 0. The number of aromatic nitrogens is 3. The third-order valence-corrected chi connectivity index (χ3v) is 4.97. The standard InChI is InChI=1S/C16H26N6O2.ClH/c17-16(7-3-4-8-16)14(24)19-15-18-12-22(20-15)11-13(23)21-9-5-1-2-6-10-21;/h12H,1-11,17H2,(H,19,20,24);1H. The number of carbonyl (C=O) groups excluding carboxylic acids is 2. The lowest BCUT2D eigenvalue weighted by atomic mass is 9.98. The van der Waals surface area contributed by atoms with E-state index < -0.39 is 5.54 Å². The van der Waals surface area contributed by atoms with E-state index in [1.807, 2.05) is 4.90 Å². The Hall–Kier alpha value is -1.67. The highest BCUT2D eigenvalue weighted by atomic mass is 35.5. The van der Waals surface area contributed by atoms with Crippen LogP contribution in [-0.2, 0) is 16.1 Å². The van der Waals surface area contributed by atoms with Gasteiger partial charge in [0.05, 0.1) is 5.54 Å². The summed E-state index contributed by atoms with van der Waals surface area (Å²) in [4.78, 5) is 30.6. The Kier molecular flexibility index (Phi) is 6.78. The number of halogens is 1. The molecule has 9 heteroatoms. The molecule has 1 saturated carbocycles. The maximum absolute atomic E-state index is 12.3. The van der Waals surface area contributed by atoms with Crippen molar-refractivity contribution in [1.82, 2.24) is 19.7 Å². The zero-order chi connectivity index (χ0) is 17.0. The van der Waals surface area contributed by atoms with E-state index in [1.54, 1.807) is 0 Å². The fourth-order valence-electron chi connectivity index (χ4n) is 3.45. The first-order chi connectivity index (χ1) is 11.6. The fourth-order valence-corrected chi connectivity index (χ4v) is 3.45. The van der Waals surface area contributed by atoms with E-state index >= 15 is 0 Å². The predicted molar refractivity (Wildman–Crippen MR) is 96.3 cm³/mol. The number of carbonyl (C=O) groups is 2. The molecule has 1 saturated heterocycles. The lowest BCUT2D eigenvalue weighted by Crippen LogP contribution is -2.48. The molecule has 1 aromatic heterocycles. The van der Waals surface area contributed by atoms with Gasteiger partial charge < -0.3 is 10.6 Å². The Morgan fingerprint density at radius 3 is 2.40 bits per heavy atom. The average Bonchev–Trinajstić information content (AvgIpc) is 3.09. The smallest absolute Gasteiger partial charge is 0.248 e. The van der Waals surface area contributed by atoms with Gasteiger partial charge in [-0.25, -0.2) is 9.67 Å². The van der Waals surface area contributed by atoms with Crippen LogP contribution in [0.1, 0.15) is 51.4 Å². The average molecular weight is 371 g/mol. The highest BCUT2D eigenvalue weighted by Crippen LogP contribution is 2.27. The van der Waals surface area contributed by atoms with Gasteiger partial charge >= 0.3 is 0 Å². The lowest BCUT2D eigenvalue weighted by molar-refractivity contribution is -0.132. The van der Waals surface area contributed by atoms with E-state index in [9.17, 15) is 9.59 Å². The van der Waals surface area contributed by atoms with Crippen LogP contribution in [0.25, 0.3) is 0 Å². The van der Waals surface area contributed by atoms with Crippen LogP contribution in [0.15, 0.2) is 6.33 Å². The van der Waals surface area contributed by atoms with Crippen LogP contribution in [0.2, 0.25) is 0 Å². The summed E-state index contributed by atoms with van der Waals surface area (Å²) in [6.07, 6.45) is 9.27. The molecular weight excluding hydrogens is 344 g/mol. The van der Waals surface area contributed by atoms with Crippen molar-refractivity contribution >= 4 is 30.2 Å². The highest BCUT2D eigenvalue weighted by molar-refractivity contribution is 5.96. The van der Waals surface area contributed by atoms with Crippen molar-refractivity contribution in [2.45, 2.75) is 63.5 Å². The van der Waals surface area contributed by atoms with Crippen molar-refractivity contribution in [3.63, 3.8) is 0 Å². The van der Waals surface area contributed by atoms with Crippen LogP contribution >= 0.6 is 12.4 Å². The number of rotatable bonds is 4. The topological polar surface area (TPSA) is 106 Å². The number of nitrogens with zero attached hydrogens (tertiary/aromatic N) is 4. The molecule has 2 fully saturated rings. The molecule has 0 bridgehead atoms. The largest absolute Gasteiger partial charge is 0.341 e. The molecule has 1 aliphatic heterocycles. The molecule has 0 atom stereocenters. The Bertz CT molecular complexity index is 591. The molecule has 0 unspecified atom stereocenters.